The molecule has 0 saturated carbocycles. The highest BCUT2D eigenvalue weighted by Crippen LogP contribution is 2.32. The highest BCUT2D eigenvalue weighted by atomic mass is 35.5. The number of hydrogen-bond acceptors (Lipinski definition) is 5. The van der Waals surface area contributed by atoms with E-state index in [-0.39, 0.29) is 28.2 Å². The van der Waals surface area contributed by atoms with Gasteiger partial charge in [-0.3, -0.25) is 15.6 Å². The number of rotatable bonds is 8. The van der Waals surface area contributed by atoms with Gasteiger partial charge in [-0.2, -0.15) is 0 Å². The maximum atomic E-state index is 12.9. The van der Waals surface area contributed by atoms with Crippen LogP contribution < -0.4 is 21.5 Å². The second kappa shape index (κ2) is 11.8. The molecule has 1 heterocycles. The molecule has 1 aliphatic rings. The molecule has 9 heteroatoms. The summed E-state index contributed by atoms with van der Waals surface area (Å²) in [6.07, 6.45) is 3.26. The molecule has 1 aromatic heterocycles. The lowest BCUT2D eigenvalue weighted by molar-refractivity contribution is 0.0929. The summed E-state index contributed by atoms with van der Waals surface area (Å²) < 4.78 is 0. The van der Waals surface area contributed by atoms with Crippen LogP contribution in [0.2, 0.25) is 5.02 Å². The highest BCUT2D eigenvalue weighted by Gasteiger charge is 2.25. The topological polar surface area (TPSA) is 98.4 Å². The fourth-order valence-corrected chi connectivity index (χ4v) is 5.16. The lowest BCUT2D eigenvalue weighted by Gasteiger charge is -2.28. The number of anilines is 1. The average Bonchev–Trinajstić information content (AvgIpc) is 3.03. The zero-order valence-corrected chi connectivity index (χ0v) is 23.0. The first-order valence-electron chi connectivity index (χ1n) is 12.7. The van der Waals surface area contributed by atoms with Crippen molar-refractivity contribution in [2.75, 3.05) is 32.6 Å². The van der Waals surface area contributed by atoms with E-state index in [1.807, 2.05) is 38.4 Å². The first-order chi connectivity index (χ1) is 18.1. The van der Waals surface area contributed by atoms with Gasteiger partial charge in [-0.15, -0.1) is 0 Å². The number of nitrogens with one attached hydrogen (secondary N) is 4. The van der Waals surface area contributed by atoms with Crippen molar-refractivity contribution in [3.05, 3.63) is 93.6 Å². The summed E-state index contributed by atoms with van der Waals surface area (Å²) in [6.45, 7) is 5.53. The van der Waals surface area contributed by atoms with Gasteiger partial charge in [0, 0.05) is 19.3 Å². The van der Waals surface area contributed by atoms with Crippen LogP contribution in [0.25, 0.3) is 0 Å². The van der Waals surface area contributed by atoms with Gasteiger partial charge in [-0.1, -0.05) is 74.0 Å². The van der Waals surface area contributed by atoms with Crippen molar-refractivity contribution < 1.29 is 9.59 Å². The SMILES string of the molecule is CN(C)CC(C)(C)CNC(=O)c1cnc(NNC(=O)NC2c3ccccc3CCc3ccccc32)c(Cl)c1. The number of aromatic nitrogens is 1. The summed E-state index contributed by atoms with van der Waals surface area (Å²) in [4.78, 5) is 31.9. The van der Waals surface area contributed by atoms with Crippen LogP contribution in [0.3, 0.4) is 0 Å². The van der Waals surface area contributed by atoms with E-state index >= 15 is 0 Å². The number of halogens is 1. The number of pyridine rings is 1. The number of amides is 3. The van der Waals surface area contributed by atoms with Gasteiger partial charge in [-0.25, -0.2) is 9.78 Å². The van der Waals surface area contributed by atoms with Crippen LogP contribution in [0.15, 0.2) is 60.8 Å². The summed E-state index contributed by atoms with van der Waals surface area (Å²) >= 11 is 6.38. The van der Waals surface area contributed by atoms with Gasteiger partial charge in [0.05, 0.1) is 16.6 Å². The summed E-state index contributed by atoms with van der Waals surface area (Å²) in [5.41, 5.74) is 10.2. The lowest BCUT2D eigenvalue weighted by Crippen LogP contribution is -2.41. The molecule has 3 amide bonds. The zero-order valence-electron chi connectivity index (χ0n) is 22.3. The molecule has 0 aliphatic heterocycles. The molecule has 1 aliphatic carbocycles. The van der Waals surface area contributed by atoms with Gasteiger partial charge in [-0.05, 0) is 60.7 Å². The van der Waals surface area contributed by atoms with E-state index in [0.717, 1.165) is 30.5 Å². The minimum atomic E-state index is -0.427. The summed E-state index contributed by atoms with van der Waals surface area (Å²) in [6, 6.07) is 17.2. The van der Waals surface area contributed by atoms with Crippen LogP contribution in [0.1, 0.15) is 52.5 Å². The number of hydrogen-bond donors (Lipinski definition) is 4. The molecule has 4 rings (SSSR count). The Morgan fingerprint density at radius 1 is 1.03 bits per heavy atom. The van der Waals surface area contributed by atoms with Crippen molar-refractivity contribution in [2.24, 2.45) is 5.41 Å². The summed E-state index contributed by atoms with van der Waals surface area (Å²) in [7, 11) is 4.00. The van der Waals surface area contributed by atoms with Crippen LogP contribution in [-0.4, -0.2) is 49.0 Å². The number of fused-ring (bicyclic) bond motifs is 2. The van der Waals surface area contributed by atoms with Crippen LogP contribution in [-0.2, 0) is 12.8 Å². The van der Waals surface area contributed by atoms with Gasteiger partial charge >= 0.3 is 6.03 Å². The first-order valence-corrected chi connectivity index (χ1v) is 13.1. The monoisotopic (exact) mass is 534 g/mol. The fourth-order valence-electron chi connectivity index (χ4n) is 4.95. The molecule has 0 unspecified atom stereocenters. The Bertz CT molecular complexity index is 1260. The van der Waals surface area contributed by atoms with E-state index in [1.165, 1.54) is 23.4 Å². The van der Waals surface area contributed by atoms with E-state index < -0.39 is 6.03 Å². The first kappa shape index (κ1) is 27.4. The molecule has 8 nitrogen and oxygen atoms in total. The highest BCUT2D eigenvalue weighted by molar-refractivity contribution is 6.33. The van der Waals surface area contributed by atoms with E-state index in [1.54, 1.807) is 0 Å². The molecule has 0 saturated heterocycles. The molecule has 0 spiro atoms. The van der Waals surface area contributed by atoms with Crippen molar-refractivity contribution in [2.45, 2.75) is 32.7 Å². The van der Waals surface area contributed by atoms with Crippen LogP contribution >= 0.6 is 11.6 Å². The number of hydrazine groups is 1. The molecule has 38 heavy (non-hydrogen) atoms. The molecule has 0 atom stereocenters. The number of nitrogens with zero attached hydrogens (tertiary/aromatic N) is 2. The van der Waals surface area contributed by atoms with Crippen molar-refractivity contribution in [1.29, 1.82) is 0 Å². The van der Waals surface area contributed by atoms with Crippen molar-refractivity contribution in [1.82, 2.24) is 25.9 Å². The van der Waals surface area contributed by atoms with E-state index in [0.29, 0.717) is 12.1 Å². The van der Waals surface area contributed by atoms with Gasteiger partial charge in [0.2, 0.25) is 0 Å². The van der Waals surface area contributed by atoms with Crippen LogP contribution in [0, 0.1) is 5.41 Å². The smallest absolute Gasteiger partial charge is 0.334 e. The fraction of sp³-hybridized carbons (Fsp3) is 0.345. The molecule has 0 bridgehead atoms. The zero-order chi connectivity index (χ0) is 27.3. The predicted octanol–water partition coefficient (Wildman–Crippen LogP) is 4.57. The molecular weight excluding hydrogens is 500 g/mol. The average molecular weight is 535 g/mol. The van der Waals surface area contributed by atoms with Gasteiger partial charge in [0.25, 0.3) is 5.91 Å². The number of aryl methyl sites for hydroxylation is 2. The van der Waals surface area contributed by atoms with Crippen molar-refractivity contribution in [3.8, 4) is 0 Å². The van der Waals surface area contributed by atoms with E-state index in [9.17, 15) is 9.59 Å². The Labute approximate surface area is 229 Å². The number of urea groups is 1. The quantitative estimate of drug-likeness (QED) is 0.317. The Kier molecular flexibility index (Phi) is 8.54. The largest absolute Gasteiger partial charge is 0.351 e. The second-order valence-corrected chi connectivity index (χ2v) is 11.1. The normalized spacial score (nSPS) is 13.2. The molecule has 4 N–H and O–H groups in total. The third-order valence-electron chi connectivity index (χ3n) is 6.54. The maximum absolute atomic E-state index is 12.9. The van der Waals surface area contributed by atoms with Crippen LogP contribution in [0.4, 0.5) is 10.6 Å². The summed E-state index contributed by atoms with van der Waals surface area (Å²) in [5, 5.41) is 6.25. The molecular formula is C29H35ClN6O2. The second-order valence-electron chi connectivity index (χ2n) is 10.7. The van der Waals surface area contributed by atoms with Gasteiger partial charge in [0.1, 0.15) is 0 Å². The van der Waals surface area contributed by atoms with Crippen LogP contribution in [0.5, 0.6) is 0 Å². The number of carbonyl (C=O) groups excluding carboxylic acids is 2. The standard InChI is InChI=1S/C29H35ClN6O2/c1-29(2,18-36(3)4)17-32-27(37)21-15-24(30)26(31-16-21)34-35-28(38)33-25-22-11-7-5-9-19(22)13-14-20-10-6-8-12-23(20)25/h5-12,15-16,25H,13-14,17-18H2,1-4H3,(H,31,34)(H,32,37)(H2,33,35,38). The molecule has 0 radical (unpaired) electrons. The minimum absolute atomic E-state index is 0.0897. The molecule has 2 aromatic carbocycles. The predicted molar refractivity (Wildman–Crippen MR) is 151 cm³/mol. The Balaban J connectivity index is 1.39. The Morgan fingerprint density at radius 3 is 2.21 bits per heavy atom. The molecule has 0 fully saturated rings. The van der Waals surface area contributed by atoms with E-state index in [4.69, 9.17) is 11.6 Å². The number of carbonyl (C=O) groups is 2. The minimum Gasteiger partial charge on any atom is -0.351 e. The van der Waals surface area contributed by atoms with Gasteiger partial charge in [0.15, 0.2) is 5.82 Å². The van der Waals surface area contributed by atoms with Crippen molar-refractivity contribution in [3.63, 3.8) is 0 Å². The van der Waals surface area contributed by atoms with Crippen molar-refractivity contribution >= 4 is 29.4 Å². The Hall–Kier alpha value is -3.62. The third kappa shape index (κ3) is 6.82. The lowest BCUT2D eigenvalue weighted by atomic mass is 9.93. The Morgan fingerprint density at radius 2 is 1.63 bits per heavy atom. The van der Waals surface area contributed by atoms with Gasteiger partial charge < -0.3 is 15.5 Å². The van der Waals surface area contributed by atoms with E-state index in [2.05, 4.69) is 69.5 Å². The molecule has 3 aromatic rings. The summed E-state index contributed by atoms with van der Waals surface area (Å²) in [5.74, 6) is -0.0119. The number of benzene rings is 2. The maximum Gasteiger partial charge on any atom is 0.334 e. The molecule has 200 valence electrons. The third-order valence-corrected chi connectivity index (χ3v) is 6.83.